The Kier molecular flexibility index (Phi) is 8.86. The van der Waals surface area contributed by atoms with Crippen molar-refractivity contribution in [1.82, 2.24) is 5.32 Å². The number of carbonyl (C=O) groups is 2. The second-order valence-electron chi connectivity index (χ2n) is 7.84. The lowest BCUT2D eigenvalue weighted by molar-refractivity contribution is -0.141. The summed E-state index contributed by atoms with van der Waals surface area (Å²) in [6.07, 6.45) is -0.679. The van der Waals surface area contributed by atoms with Gasteiger partial charge in [-0.3, -0.25) is 4.79 Å². The van der Waals surface area contributed by atoms with E-state index in [1.165, 1.54) is 31.4 Å². The molecule has 3 rings (SSSR count). The van der Waals surface area contributed by atoms with Crippen molar-refractivity contribution >= 4 is 22.2 Å². The average Bonchev–Trinajstić information content (AvgIpc) is 2.86. The molecular formula is C26H27NO7S. The van der Waals surface area contributed by atoms with Crippen molar-refractivity contribution in [3.63, 3.8) is 0 Å². The molecule has 0 aliphatic carbocycles. The minimum Gasteiger partial charge on any atom is -0.469 e. The van der Waals surface area contributed by atoms with E-state index in [0.717, 1.165) is 11.1 Å². The topological polar surface area (TPSA) is 108 Å². The molecule has 0 fully saturated rings. The van der Waals surface area contributed by atoms with E-state index in [1.54, 1.807) is 24.3 Å². The Morgan fingerprint density at radius 2 is 1.66 bits per heavy atom. The lowest BCUT2D eigenvalue weighted by Crippen LogP contribution is -2.30. The fourth-order valence-corrected chi connectivity index (χ4v) is 4.20. The monoisotopic (exact) mass is 497 g/mol. The van der Waals surface area contributed by atoms with Crippen molar-refractivity contribution in [2.24, 2.45) is 0 Å². The van der Waals surface area contributed by atoms with Gasteiger partial charge >= 0.3 is 22.2 Å². The summed E-state index contributed by atoms with van der Waals surface area (Å²) in [6.45, 7) is 2.03. The highest BCUT2D eigenvalue weighted by Gasteiger charge is 2.21. The Balaban J connectivity index is 1.69. The molecule has 3 aromatic rings. The molecule has 1 N–H and O–H groups in total. The van der Waals surface area contributed by atoms with Crippen LogP contribution in [0.5, 0.6) is 5.75 Å². The van der Waals surface area contributed by atoms with Crippen LogP contribution in [0.15, 0.2) is 83.8 Å². The maximum absolute atomic E-state index is 12.7. The molecule has 184 valence electrons. The first-order valence-electron chi connectivity index (χ1n) is 10.9. The predicted octanol–water partition coefficient (Wildman–Crippen LogP) is 4.34. The summed E-state index contributed by atoms with van der Waals surface area (Å²) >= 11 is 0. The summed E-state index contributed by atoms with van der Waals surface area (Å²) in [5.74, 6) is -0.894. The lowest BCUT2D eigenvalue weighted by Gasteiger charge is -2.18. The molecule has 9 heteroatoms. The molecule has 0 spiro atoms. The molecule has 8 nitrogen and oxygen atoms in total. The van der Waals surface area contributed by atoms with Crippen LogP contribution in [-0.4, -0.2) is 34.1 Å². The van der Waals surface area contributed by atoms with Gasteiger partial charge in [0.1, 0.15) is 17.3 Å². The highest BCUT2D eigenvalue weighted by molar-refractivity contribution is 7.87. The number of esters is 1. The van der Waals surface area contributed by atoms with Crippen molar-refractivity contribution in [2.75, 3.05) is 13.7 Å². The van der Waals surface area contributed by atoms with E-state index in [0.29, 0.717) is 5.56 Å². The van der Waals surface area contributed by atoms with Gasteiger partial charge in [0.2, 0.25) is 0 Å². The highest BCUT2D eigenvalue weighted by atomic mass is 32.2. The van der Waals surface area contributed by atoms with Gasteiger partial charge in [-0.05, 0) is 42.3 Å². The van der Waals surface area contributed by atoms with Gasteiger partial charge in [-0.15, -0.1) is 0 Å². The number of hydrogen-bond acceptors (Lipinski definition) is 7. The Bertz CT molecular complexity index is 1240. The fourth-order valence-electron chi connectivity index (χ4n) is 3.27. The van der Waals surface area contributed by atoms with Gasteiger partial charge in [-0.2, -0.15) is 8.42 Å². The van der Waals surface area contributed by atoms with E-state index in [9.17, 15) is 18.0 Å². The van der Waals surface area contributed by atoms with E-state index < -0.39 is 28.1 Å². The molecule has 0 aliphatic heterocycles. The predicted molar refractivity (Wildman–Crippen MR) is 129 cm³/mol. The third kappa shape index (κ3) is 7.86. The van der Waals surface area contributed by atoms with Gasteiger partial charge in [0.25, 0.3) is 0 Å². The number of hydrogen-bond donors (Lipinski definition) is 1. The minimum absolute atomic E-state index is 0.0300. The standard InChI is InChI=1S/C26H27NO7S/c1-19-11-13-24(14-12-19)35(30,31)34-23-10-6-9-21(15-23)22(16-25(28)32-2)17-27-26(29)33-18-20-7-4-3-5-8-20/h3-15,22H,16-18H2,1-2H3,(H,27,29). The molecule has 0 radical (unpaired) electrons. The summed E-state index contributed by atoms with van der Waals surface area (Å²) in [4.78, 5) is 24.2. The zero-order valence-electron chi connectivity index (χ0n) is 19.5. The third-order valence-electron chi connectivity index (χ3n) is 5.19. The Hall–Kier alpha value is -3.85. The molecule has 0 aliphatic rings. The van der Waals surface area contributed by atoms with Gasteiger partial charge in [0.05, 0.1) is 13.5 Å². The van der Waals surface area contributed by atoms with Crippen molar-refractivity contribution in [1.29, 1.82) is 0 Å². The van der Waals surface area contributed by atoms with Crippen LogP contribution >= 0.6 is 0 Å². The van der Waals surface area contributed by atoms with Crippen LogP contribution in [0.4, 0.5) is 4.79 Å². The van der Waals surface area contributed by atoms with Crippen LogP contribution in [0.3, 0.4) is 0 Å². The quantitative estimate of drug-likeness (QED) is 0.328. The van der Waals surface area contributed by atoms with Crippen molar-refractivity contribution < 1.29 is 31.7 Å². The van der Waals surface area contributed by atoms with Crippen molar-refractivity contribution in [3.05, 3.63) is 95.6 Å². The summed E-state index contributed by atoms with van der Waals surface area (Å²) in [7, 11) is -2.77. The van der Waals surface area contributed by atoms with Crippen LogP contribution in [0.2, 0.25) is 0 Å². The molecule has 1 atom stereocenters. The summed E-state index contributed by atoms with van der Waals surface area (Å²) in [5, 5.41) is 2.65. The molecule has 0 saturated heterocycles. The number of nitrogens with one attached hydrogen (secondary N) is 1. The molecule has 0 heterocycles. The maximum Gasteiger partial charge on any atom is 0.407 e. The Morgan fingerprint density at radius 3 is 2.34 bits per heavy atom. The van der Waals surface area contributed by atoms with E-state index in [-0.39, 0.29) is 30.2 Å². The SMILES string of the molecule is COC(=O)CC(CNC(=O)OCc1ccccc1)c1cccc(OS(=O)(=O)c2ccc(C)cc2)c1. The van der Waals surface area contributed by atoms with Crippen LogP contribution in [0.1, 0.15) is 29.0 Å². The molecular weight excluding hydrogens is 470 g/mol. The second kappa shape index (κ2) is 12.0. The number of rotatable bonds is 10. The summed E-state index contributed by atoms with van der Waals surface area (Å²) in [5.41, 5.74) is 2.36. The Labute approximate surface area is 205 Å². The van der Waals surface area contributed by atoms with Gasteiger partial charge in [0.15, 0.2) is 0 Å². The minimum atomic E-state index is -4.04. The average molecular weight is 498 g/mol. The van der Waals surface area contributed by atoms with Gasteiger partial charge in [0, 0.05) is 12.5 Å². The largest absolute Gasteiger partial charge is 0.469 e. The molecule has 1 unspecified atom stereocenters. The number of amides is 1. The molecule has 0 bridgehead atoms. The third-order valence-corrected chi connectivity index (χ3v) is 6.45. The first-order chi connectivity index (χ1) is 16.8. The second-order valence-corrected chi connectivity index (χ2v) is 9.39. The Morgan fingerprint density at radius 1 is 0.943 bits per heavy atom. The number of methoxy groups -OCH3 is 1. The van der Waals surface area contributed by atoms with Gasteiger partial charge < -0.3 is 19.0 Å². The van der Waals surface area contributed by atoms with E-state index >= 15 is 0 Å². The van der Waals surface area contributed by atoms with Crippen molar-refractivity contribution in [2.45, 2.75) is 30.8 Å². The smallest absolute Gasteiger partial charge is 0.407 e. The number of benzene rings is 3. The van der Waals surface area contributed by atoms with Crippen LogP contribution < -0.4 is 9.50 Å². The highest BCUT2D eigenvalue weighted by Crippen LogP contribution is 2.26. The first-order valence-corrected chi connectivity index (χ1v) is 12.3. The zero-order valence-corrected chi connectivity index (χ0v) is 20.3. The summed E-state index contributed by atoms with van der Waals surface area (Å²) < 4.78 is 40.6. The number of carbonyl (C=O) groups excluding carboxylic acids is 2. The van der Waals surface area contributed by atoms with Crippen LogP contribution in [-0.2, 0) is 31.0 Å². The van der Waals surface area contributed by atoms with Gasteiger partial charge in [-0.1, -0.05) is 60.2 Å². The van der Waals surface area contributed by atoms with E-state index in [4.69, 9.17) is 13.7 Å². The fraction of sp³-hybridized carbons (Fsp3) is 0.231. The zero-order chi connectivity index (χ0) is 25.3. The molecule has 0 saturated carbocycles. The van der Waals surface area contributed by atoms with Gasteiger partial charge in [-0.25, -0.2) is 4.79 Å². The number of aryl methyl sites for hydroxylation is 1. The van der Waals surface area contributed by atoms with E-state index in [1.807, 2.05) is 37.3 Å². The molecule has 0 aromatic heterocycles. The normalized spacial score (nSPS) is 11.8. The van der Waals surface area contributed by atoms with Crippen LogP contribution in [0.25, 0.3) is 0 Å². The molecule has 3 aromatic carbocycles. The molecule has 35 heavy (non-hydrogen) atoms. The number of alkyl carbamates (subject to hydrolysis) is 1. The first kappa shape index (κ1) is 25.8. The van der Waals surface area contributed by atoms with Crippen molar-refractivity contribution in [3.8, 4) is 5.75 Å². The lowest BCUT2D eigenvalue weighted by atomic mass is 9.95. The molecule has 1 amide bonds. The maximum atomic E-state index is 12.7. The van der Waals surface area contributed by atoms with Crippen LogP contribution in [0, 0.1) is 6.92 Å². The van der Waals surface area contributed by atoms with E-state index in [2.05, 4.69) is 5.32 Å². The number of ether oxygens (including phenoxy) is 2. The summed E-state index contributed by atoms with van der Waals surface area (Å²) in [6, 6.07) is 21.9.